The zero-order chi connectivity index (χ0) is 12.4. The third-order valence-electron chi connectivity index (χ3n) is 3.03. The van der Waals surface area contributed by atoms with Gasteiger partial charge in [0.15, 0.2) is 0 Å². The molecule has 0 bridgehead atoms. The molecule has 5 heteroatoms. The van der Waals surface area contributed by atoms with Crippen LogP contribution in [-0.4, -0.2) is 28.6 Å². The second-order valence-electron chi connectivity index (χ2n) is 4.48. The van der Waals surface area contributed by atoms with Crippen LogP contribution in [0.2, 0.25) is 0 Å². The summed E-state index contributed by atoms with van der Waals surface area (Å²) in [5, 5.41) is 12.2. The van der Waals surface area contributed by atoms with Gasteiger partial charge in [-0.1, -0.05) is 0 Å². The van der Waals surface area contributed by atoms with Crippen LogP contribution in [0, 0.1) is 12.8 Å². The number of H-pyrrole nitrogens is 1. The summed E-state index contributed by atoms with van der Waals surface area (Å²) < 4.78 is 0. The highest BCUT2D eigenvalue weighted by atomic mass is 16.3. The van der Waals surface area contributed by atoms with Crippen LogP contribution in [0.1, 0.15) is 28.8 Å². The molecule has 5 nitrogen and oxygen atoms in total. The fraction of sp³-hybridized carbons (Fsp3) is 0.500. The fourth-order valence-electron chi connectivity index (χ4n) is 1.79. The van der Waals surface area contributed by atoms with Crippen LogP contribution in [0.4, 0.5) is 0 Å². The first kappa shape index (κ1) is 11.9. The Kier molecular flexibility index (Phi) is 3.28. The van der Waals surface area contributed by atoms with E-state index >= 15 is 0 Å². The minimum absolute atomic E-state index is 0.121. The van der Waals surface area contributed by atoms with Crippen molar-refractivity contribution < 1.29 is 9.90 Å². The van der Waals surface area contributed by atoms with Crippen molar-refractivity contribution in [3.05, 3.63) is 33.7 Å². The predicted octanol–water partition coefficient (Wildman–Crippen LogP) is 0.184. The van der Waals surface area contributed by atoms with E-state index in [9.17, 15) is 14.7 Å². The zero-order valence-corrected chi connectivity index (χ0v) is 9.69. The summed E-state index contributed by atoms with van der Waals surface area (Å²) in [5.74, 6) is -0.116. The van der Waals surface area contributed by atoms with Crippen LogP contribution in [0.5, 0.6) is 0 Å². The van der Waals surface area contributed by atoms with Gasteiger partial charge in [-0.3, -0.25) is 9.59 Å². The quantitative estimate of drug-likeness (QED) is 0.697. The SMILES string of the molecule is Cc1cc[nH]c(=O)c1C(=O)NCC(O)C1CC1. The minimum atomic E-state index is -0.498. The number of nitrogens with one attached hydrogen (secondary N) is 2. The lowest BCUT2D eigenvalue weighted by Gasteiger charge is -2.11. The van der Waals surface area contributed by atoms with E-state index in [1.54, 1.807) is 13.0 Å². The Labute approximate surface area is 98.9 Å². The number of aromatic amines is 1. The van der Waals surface area contributed by atoms with Crippen LogP contribution in [0.3, 0.4) is 0 Å². The maximum absolute atomic E-state index is 11.8. The second kappa shape index (κ2) is 4.71. The Hall–Kier alpha value is -1.62. The van der Waals surface area contributed by atoms with Crippen LogP contribution >= 0.6 is 0 Å². The summed E-state index contributed by atoms with van der Waals surface area (Å²) in [4.78, 5) is 25.8. The average Bonchev–Trinajstić information content (AvgIpc) is 3.09. The van der Waals surface area contributed by atoms with E-state index in [1.807, 2.05) is 0 Å². The van der Waals surface area contributed by atoms with E-state index in [-0.39, 0.29) is 12.1 Å². The summed E-state index contributed by atoms with van der Waals surface area (Å²) >= 11 is 0. The highest BCUT2D eigenvalue weighted by Crippen LogP contribution is 2.32. The lowest BCUT2D eigenvalue weighted by Crippen LogP contribution is -2.36. The Morgan fingerprint density at radius 3 is 2.94 bits per heavy atom. The first-order chi connectivity index (χ1) is 8.09. The maximum Gasteiger partial charge on any atom is 0.261 e. The van der Waals surface area contributed by atoms with Crippen LogP contribution in [0.15, 0.2) is 17.1 Å². The van der Waals surface area contributed by atoms with Crippen molar-refractivity contribution in [3.8, 4) is 0 Å². The van der Waals surface area contributed by atoms with Crippen LogP contribution in [-0.2, 0) is 0 Å². The molecule has 92 valence electrons. The van der Waals surface area contributed by atoms with Crippen molar-refractivity contribution in [3.63, 3.8) is 0 Å². The van der Waals surface area contributed by atoms with Crippen LogP contribution in [0.25, 0.3) is 0 Å². The van der Waals surface area contributed by atoms with Gasteiger partial charge in [0.2, 0.25) is 0 Å². The first-order valence-electron chi connectivity index (χ1n) is 5.74. The molecule has 1 aromatic heterocycles. The predicted molar refractivity (Wildman–Crippen MR) is 62.9 cm³/mol. The molecule has 0 saturated heterocycles. The largest absolute Gasteiger partial charge is 0.391 e. The van der Waals surface area contributed by atoms with E-state index in [1.165, 1.54) is 6.20 Å². The van der Waals surface area contributed by atoms with Crippen molar-refractivity contribution in [1.29, 1.82) is 0 Å². The molecule has 0 aliphatic heterocycles. The van der Waals surface area contributed by atoms with Gasteiger partial charge in [-0.25, -0.2) is 0 Å². The smallest absolute Gasteiger partial charge is 0.261 e. The molecule has 1 atom stereocenters. The topological polar surface area (TPSA) is 82.2 Å². The minimum Gasteiger partial charge on any atom is -0.391 e. The standard InChI is InChI=1S/C12H16N2O3/c1-7-4-5-13-11(16)10(7)12(17)14-6-9(15)8-2-3-8/h4-5,8-9,15H,2-3,6H2,1H3,(H,13,16)(H,14,17). The van der Waals surface area contributed by atoms with Gasteiger partial charge in [0.25, 0.3) is 11.5 Å². The number of rotatable bonds is 4. The number of hydrogen-bond acceptors (Lipinski definition) is 3. The van der Waals surface area contributed by atoms with E-state index in [4.69, 9.17) is 0 Å². The van der Waals surface area contributed by atoms with Gasteiger partial charge in [0, 0.05) is 12.7 Å². The Bertz CT molecular complexity index is 477. The molecule has 2 rings (SSSR count). The lowest BCUT2D eigenvalue weighted by molar-refractivity contribution is 0.0899. The summed E-state index contributed by atoms with van der Waals surface area (Å²) in [6.07, 6.45) is 3.04. The molecule has 3 N–H and O–H groups in total. The van der Waals surface area contributed by atoms with Gasteiger partial charge in [-0.05, 0) is 37.3 Å². The number of aliphatic hydroxyl groups excluding tert-OH is 1. The normalized spacial score (nSPS) is 16.6. The average molecular weight is 236 g/mol. The third-order valence-corrected chi connectivity index (χ3v) is 3.03. The van der Waals surface area contributed by atoms with Crippen molar-refractivity contribution in [2.24, 2.45) is 5.92 Å². The highest BCUT2D eigenvalue weighted by Gasteiger charge is 2.30. The van der Waals surface area contributed by atoms with Crippen molar-refractivity contribution in [1.82, 2.24) is 10.3 Å². The maximum atomic E-state index is 11.8. The van der Waals surface area contributed by atoms with Gasteiger partial charge < -0.3 is 15.4 Å². The molecule has 1 saturated carbocycles. The monoisotopic (exact) mass is 236 g/mol. The molecule has 1 fully saturated rings. The summed E-state index contributed by atoms with van der Waals surface area (Å²) in [6.45, 7) is 1.92. The van der Waals surface area contributed by atoms with Crippen molar-refractivity contribution >= 4 is 5.91 Å². The summed E-state index contributed by atoms with van der Waals surface area (Å²) in [5.41, 5.74) is 0.353. The number of hydrogen-bond donors (Lipinski definition) is 3. The van der Waals surface area contributed by atoms with E-state index < -0.39 is 17.6 Å². The zero-order valence-electron chi connectivity index (χ0n) is 9.69. The molecule has 17 heavy (non-hydrogen) atoms. The summed E-state index contributed by atoms with van der Waals surface area (Å²) in [6, 6.07) is 1.67. The molecule has 0 spiro atoms. The van der Waals surface area contributed by atoms with Gasteiger partial charge in [0.05, 0.1) is 6.10 Å². The molecule has 0 radical (unpaired) electrons. The van der Waals surface area contributed by atoms with Crippen molar-refractivity contribution in [2.75, 3.05) is 6.54 Å². The molecular formula is C12H16N2O3. The van der Waals surface area contributed by atoms with Gasteiger partial charge in [0.1, 0.15) is 5.56 Å². The number of carbonyl (C=O) groups is 1. The number of pyridine rings is 1. The summed E-state index contributed by atoms with van der Waals surface area (Å²) in [7, 11) is 0. The van der Waals surface area contributed by atoms with E-state index in [0.29, 0.717) is 11.5 Å². The molecular weight excluding hydrogens is 220 g/mol. The first-order valence-corrected chi connectivity index (χ1v) is 5.74. The molecule has 1 aliphatic rings. The van der Waals surface area contributed by atoms with E-state index in [2.05, 4.69) is 10.3 Å². The molecule has 0 aromatic carbocycles. The number of amides is 1. The third kappa shape index (κ3) is 2.74. The molecule has 1 amide bonds. The molecule has 1 aromatic rings. The molecule has 1 heterocycles. The van der Waals surface area contributed by atoms with Crippen molar-refractivity contribution in [2.45, 2.75) is 25.9 Å². The number of aromatic nitrogens is 1. The number of aryl methyl sites for hydroxylation is 1. The van der Waals surface area contributed by atoms with E-state index in [0.717, 1.165) is 12.8 Å². The van der Waals surface area contributed by atoms with Crippen LogP contribution < -0.4 is 10.9 Å². The highest BCUT2D eigenvalue weighted by molar-refractivity contribution is 5.95. The Morgan fingerprint density at radius 1 is 1.65 bits per heavy atom. The Morgan fingerprint density at radius 2 is 2.35 bits per heavy atom. The molecule has 1 unspecified atom stereocenters. The van der Waals surface area contributed by atoms with Gasteiger partial charge in [-0.2, -0.15) is 0 Å². The lowest BCUT2D eigenvalue weighted by atomic mass is 10.1. The van der Waals surface area contributed by atoms with Gasteiger partial charge in [-0.15, -0.1) is 0 Å². The Balaban J connectivity index is 2.01. The second-order valence-corrected chi connectivity index (χ2v) is 4.48. The number of aliphatic hydroxyl groups is 1. The molecule has 1 aliphatic carbocycles. The van der Waals surface area contributed by atoms with Gasteiger partial charge >= 0.3 is 0 Å². The number of carbonyl (C=O) groups excluding carboxylic acids is 1. The fourth-order valence-corrected chi connectivity index (χ4v) is 1.79.